The number of amides is 1. The number of halogens is 2. The highest BCUT2D eigenvalue weighted by Crippen LogP contribution is 2.33. The number of carbonyl (C=O) groups is 1. The number of hydrogen-bond donors (Lipinski definition) is 1. The minimum atomic E-state index is -0.567. The first kappa shape index (κ1) is 22.3. The van der Waals surface area contributed by atoms with Crippen LogP contribution in [-0.2, 0) is 4.79 Å². The predicted molar refractivity (Wildman–Crippen MR) is 137 cm³/mol. The second-order valence-electron chi connectivity index (χ2n) is 7.19. The summed E-state index contributed by atoms with van der Waals surface area (Å²) in [5.74, 6) is 0.249. The topological polar surface area (TPSA) is 76.6 Å². The summed E-state index contributed by atoms with van der Waals surface area (Å²) in [6.45, 7) is 1.80. The predicted octanol–water partition coefficient (Wildman–Crippen LogP) is 5.05. The van der Waals surface area contributed by atoms with E-state index >= 15 is 0 Å². The Morgan fingerprint density at radius 3 is 2.67 bits per heavy atom. The zero-order valence-corrected chi connectivity index (χ0v) is 21.8. The highest BCUT2D eigenvalue weighted by atomic mass is 79.9. The van der Waals surface area contributed by atoms with Crippen molar-refractivity contribution in [1.82, 2.24) is 4.57 Å². The Bertz CT molecular complexity index is 1550. The van der Waals surface area contributed by atoms with E-state index in [1.165, 1.54) is 22.7 Å². The van der Waals surface area contributed by atoms with Crippen LogP contribution in [0.5, 0.6) is 0 Å². The highest BCUT2D eigenvalue weighted by molar-refractivity contribution is 9.13. The van der Waals surface area contributed by atoms with Crippen LogP contribution in [0.3, 0.4) is 0 Å². The molecule has 0 fully saturated rings. The van der Waals surface area contributed by atoms with Crippen molar-refractivity contribution in [2.24, 2.45) is 4.99 Å². The van der Waals surface area contributed by atoms with Gasteiger partial charge in [-0.05, 0) is 68.4 Å². The number of carbonyl (C=O) groups excluding carboxylic acids is 1. The largest absolute Gasteiger partial charge is 0.449 e. The second kappa shape index (κ2) is 9.02. The average Bonchev–Trinajstić information content (AvgIpc) is 3.49. The number of hydrogen-bond acceptors (Lipinski definition) is 6. The maximum absolute atomic E-state index is 13.5. The van der Waals surface area contributed by atoms with E-state index in [1.807, 2.05) is 47.8 Å². The number of nitrogens with one attached hydrogen (secondary N) is 1. The van der Waals surface area contributed by atoms with Crippen LogP contribution in [0, 0.1) is 0 Å². The van der Waals surface area contributed by atoms with Crippen molar-refractivity contribution in [1.29, 1.82) is 0 Å². The van der Waals surface area contributed by atoms with E-state index in [0.29, 0.717) is 36.7 Å². The van der Waals surface area contributed by atoms with Crippen LogP contribution in [0.2, 0.25) is 0 Å². The van der Waals surface area contributed by atoms with Gasteiger partial charge < -0.3 is 9.73 Å². The van der Waals surface area contributed by atoms with Crippen LogP contribution in [0.15, 0.2) is 88.5 Å². The van der Waals surface area contributed by atoms with Crippen LogP contribution in [-0.4, -0.2) is 10.5 Å². The van der Waals surface area contributed by atoms with E-state index in [1.54, 1.807) is 23.6 Å². The Hall–Kier alpha value is -2.53. The van der Waals surface area contributed by atoms with Gasteiger partial charge >= 0.3 is 0 Å². The summed E-state index contributed by atoms with van der Waals surface area (Å²) in [5.41, 5.74) is 1.49. The fraction of sp³-hybridized carbons (Fsp3) is 0.0870. The molecule has 1 aliphatic rings. The summed E-state index contributed by atoms with van der Waals surface area (Å²) >= 11 is 9.48. The smallest absolute Gasteiger partial charge is 0.271 e. The Morgan fingerprint density at radius 1 is 1.21 bits per heavy atom. The monoisotopic (exact) mass is 603 g/mol. The molecule has 0 spiro atoms. The summed E-state index contributed by atoms with van der Waals surface area (Å²) in [4.78, 5) is 33.0. The van der Waals surface area contributed by atoms with Gasteiger partial charge in [-0.3, -0.25) is 14.2 Å². The van der Waals surface area contributed by atoms with Gasteiger partial charge in [-0.1, -0.05) is 35.6 Å². The molecule has 0 radical (unpaired) electrons. The molecule has 1 amide bonds. The third kappa shape index (κ3) is 4.23. The van der Waals surface area contributed by atoms with E-state index in [4.69, 9.17) is 4.42 Å². The highest BCUT2D eigenvalue weighted by Gasteiger charge is 2.33. The molecule has 6 nitrogen and oxygen atoms in total. The average molecular weight is 605 g/mol. The van der Waals surface area contributed by atoms with Gasteiger partial charge in [0.25, 0.3) is 11.5 Å². The summed E-state index contributed by atoms with van der Waals surface area (Å²) in [5, 5.41) is 4.88. The van der Waals surface area contributed by atoms with Gasteiger partial charge in [0.2, 0.25) is 0 Å². The van der Waals surface area contributed by atoms with Gasteiger partial charge in [0.05, 0.1) is 20.3 Å². The van der Waals surface area contributed by atoms with Gasteiger partial charge in [-0.2, -0.15) is 0 Å². The van der Waals surface area contributed by atoms with Gasteiger partial charge in [0, 0.05) is 16.6 Å². The molecule has 0 aliphatic carbocycles. The lowest BCUT2D eigenvalue weighted by Gasteiger charge is -2.24. The van der Waals surface area contributed by atoms with Crippen molar-refractivity contribution in [3.63, 3.8) is 0 Å². The van der Waals surface area contributed by atoms with Gasteiger partial charge in [-0.15, -0.1) is 11.3 Å². The fourth-order valence-corrected chi connectivity index (χ4v) is 6.07. The molecule has 33 heavy (non-hydrogen) atoms. The number of thiazole rings is 1. The molecule has 0 bridgehead atoms. The first-order valence-corrected chi connectivity index (χ1v) is 13.1. The van der Waals surface area contributed by atoms with Gasteiger partial charge in [-0.25, -0.2) is 4.99 Å². The first-order valence-electron chi connectivity index (χ1n) is 9.79. The molecule has 4 heterocycles. The SMILES string of the molecule is CC1=C(C(=O)Nc2ccccc2)[C@H](c2cccs2)n2c(s/c(=C/c3cc(Br)c(Br)o3)c2=O)=N1. The number of allylic oxidation sites excluding steroid dienone is 1. The Labute approximate surface area is 212 Å². The van der Waals surface area contributed by atoms with E-state index in [2.05, 4.69) is 42.2 Å². The zero-order chi connectivity index (χ0) is 23.1. The maximum atomic E-state index is 13.5. The normalized spacial score (nSPS) is 16.0. The third-order valence-electron chi connectivity index (χ3n) is 5.05. The van der Waals surface area contributed by atoms with Crippen molar-refractivity contribution in [2.45, 2.75) is 13.0 Å². The summed E-state index contributed by atoms with van der Waals surface area (Å²) in [6.07, 6.45) is 1.69. The van der Waals surface area contributed by atoms with E-state index in [-0.39, 0.29) is 11.5 Å². The number of thiophene rings is 1. The van der Waals surface area contributed by atoms with Crippen LogP contribution < -0.4 is 20.2 Å². The van der Waals surface area contributed by atoms with Crippen LogP contribution in [0.25, 0.3) is 6.08 Å². The minimum absolute atomic E-state index is 0.224. The molecule has 4 aromatic rings. The molecular formula is C23H15Br2N3O3S2. The molecule has 3 aromatic heterocycles. The molecule has 1 N–H and O–H groups in total. The Balaban J connectivity index is 1.65. The number of aromatic nitrogens is 1. The van der Waals surface area contributed by atoms with Gasteiger partial charge in [0.1, 0.15) is 11.8 Å². The maximum Gasteiger partial charge on any atom is 0.271 e. The lowest BCUT2D eigenvalue weighted by molar-refractivity contribution is -0.113. The standard InChI is InChI=1S/C23H15Br2N3O3S2/c1-12-18(21(29)27-13-6-3-2-4-7-13)19(16-8-5-9-32-16)28-22(30)17(33-23(28)26-12)11-14-10-15(24)20(25)31-14/h2-11,19H,1H3,(H,27,29)/b17-11+/t19-/m0/s1. The number of nitrogens with zero attached hydrogens (tertiary/aromatic N) is 2. The van der Waals surface area contributed by atoms with Crippen LogP contribution in [0.4, 0.5) is 5.69 Å². The molecule has 0 unspecified atom stereocenters. The number of anilines is 1. The molecule has 1 aromatic carbocycles. The van der Waals surface area contributed by atoms with E-state index < -0.39 is 6.04 Å². The lowest BCUT2D eigenvalue weighted by Crippen LogP contribution is -2.40. The van der Waals surface area contributed by atoms with Crippen molar-refractivity contribution in [2.75, 3.05) is 5.32 Å². The molecular weight excluding hydrogens is 590 g/mol. The minimum Gasteiger partial charge on any atom is -0.449 e. The number of fused-ring (bicyclic) bond motifs is 1. The molecule has 1 atom stereocenters. The molecule has 1 aliphatic heterocycles. The number of rotatable bonds is 4. The summed E-state index contributed by atoms with van der Waals surface area (Å²) in [7, 11) is 0. The third-order valence-corrected chi connectivity index (χ3v) is 8.67. The van der Waals surface area contributed by atoms with Crippen LogP contribution >= 0.6 is 54.5 Å². The number of furan rings is 1. The number of benzene rings is 1. The van der Waals surface area contributed by atoms with Crippen molar-refractivity contribution in [3.8, 4) is 0 Å². The Morgan fingerprint density at radius 2 is 2.00 bits per heavy atom. The second-order valence-corrected chi connectivity index (χ2v) is 10.8. The lowest BCUT2D eigenvalue weighted by atomic mass is 10.0. The Kier molecular flexibility index (Phi) is 6.09. The summed E-state index contributed by atoms with van der Waals surface area (Å²) in [6, 6.07) is 14.3. The quantitative estimate of drug-likeness (QED) is 0.354. The molecule has 5 rings (SSSR count). The van der Waals surface area contributed by atoms with Crippen LogP contribution in [0.1, 0.15) is 23.6 Å². The van der Waals surface area contributed by atoms with E-state index in [0.717, 1.165) is 9.35 Å². The zero-order valence-electron chi connectivity index (χ0n) is 17.0. The van der Waals surface area contributed by atoms with Gasteiger partial charge in [0.15, 0.2) is 9.47 Å². The molecule has 0 saturated carbocycles. The summed E-state index contributed by atoms with van der Waals surface area (Å²) < 4.78 is 9.00. The first-order chi connectivity index (χ1) is 15.9. The van der Waals surface area contributed by atoms with E-state index in [9.17, 15) is 9.59 Å². The van der Waals surface area contributed by atoms with Crippen molar-refractivity contribution >= 4 is 72.2 Å². The van der Waals surface area contributed by atoms with Crippen molar-refractivity contribution in [3.05, 3.63) is 105 Å². The van der Waals surface area contributed by atoms with Crippen molar-refractivity contribution < 1.29 is 9.21 Å². The molecule has 10 heteroatoms. The number of para-hydroxylation sites is 1. The molecule has 0 saturated heterocycles. The molecule has 166 valence electrons. The fourth-order valence-electron chi connectivity index (χ4n) is 3.61.